The fraction of sp³-hybridized carbons (Fsp3) is 0.711. The highest BCUT2D eigenvalue weighted by Gasteiger charge is 2.50. The van der Waals surface area contributed by atoms with Crippen LogP contribution in [-0.4, -0.2) is 140 Å². The molecule has 2 saturated heterocycles. The minimum absolute atomic E-state index is 0.237. The van der Waals surface area contributed by atoms with Crippen molar-refractivity contribution in [3.8, 4) is 0 Å². The Balaban J connectivity index is 1.85. The van der Waals surface area contributed by atoms with Crippen molar-refractivity contribution in [2.75, 3.05) is 19.8 Å². The summed E-state index contributed by atoms with van der Waals surface area (Å²) in [5.74, 6) is -0.282. The first-order valence-corrected chi connectivity index (χ1v) is 21.7. The molecule has 2 aliphatic heterocycles. The van der Waals surface area contributed by atoms with E-state index in [0.717, 1.165) is 83.5 Å². The Bertz CT molecular complexity index is 1270. The number of rotatable bonds is 30. The van der Waals surface area contributed by atoms with Gasteiger partial charge in [-0.05, 0) is 64.2 Å². The van der Waals surface area contributed by atoms with Gasteiger partial charge < -0.3 is 65.1 Å². The molecule has 12 unspecified atom stereocenters. The number of unbranched alkanes of at least 4 members (excludes halogenated alkanes) is 7. The Kier molecular flexibility index (Phi) is 28.7. The third-order valence-electron chi connectivity index (χ3n) is 10.1. The summed E-state index contributed by atoms with van der Waals surface area (Å²) < 4.78 is 22.5. The molecule has 2 heterocycles. The first kappa shape index (κ1) is 52.6. The molecule has 0 saturated carbocycles. The van der Waals surface area contributed by atoms with Gasteiger partial charge in [-0.3, -0.25) is 4.79 Å². The van der Waals surface area contributed by atoms with Crippen LogP contribution >= 0.6 is 0 Å². The van der Waals surface area contributed by atoms with Gasteiger partial charge in [0.1, 0.15) is 48.8 Å². The van der Waals surface area contributed by atoms with Crippen molar-refractivity contribution in [3.63, 3.8) is 0 Å². The van der Waals surface area contributed by atoms with Crippen LogP contribution in [0, 0.1) is 0 Å². The number of allylic oxidation sites excluding steroid dienone is 11. The Morgan fingerprint density at radius 1 is 0.627 bits per heavy atom. The van der Waals surface area contributed by atoms with Crippen LogP contribution in [0.3, 0.4) is 0 Å². The molecule has 1 amide bonds. The van der Waals surface area contributed by atoms with Gasteiger partial charge in [0.05, 0.1) is 32.0 Å². The van der Waals surface area contributed by atoms with Gasteiger partial charge in [0.2, 0.25) is 5.91 Å². The minimum atomic E-state index is -1.79. The van der Waals surface area contributed by atoms with Crippen LogP contribution in [0.15, 0.2) is 72.9 Å². The van der Waals surface area contributed by atoms with Gasteiger partial charge in [0, 0.05) is 6.42 Å². The first-order chi connectivity index (χ1) is 28.6. The van der Waals surface area contributed by atoms with Gasteiger partial charge in [0.25, 0.3) is 0 Å². The predicted molar refractivity (Wildman–Crippen MR) is 226 cm³/mol. The fourth-order valence-corrected chi connectivity index (χ4v) is 6.55. The zero-order valence-electron chi connectivity index (χ0n) is 35.2. The molecule has 338 valence electrons. The smallest absolute Gasteiger partial charge is 0.220 e. The molecule has 0 aliphatic carbocycles. The number of hydrogen-bond acceptors (Lipinski definition) is 13. The second-order valence-electron chi connectivity index (χ2n) is 15.1. The fourth-order valence-electron chi connectivity index (χ4n) is 6.55. The molecule has 14 heteroatoms. The van der Waals surface area contributed by atoms with Crippen molar-refractivity contribution in [2.24, 2.45) is 0 Å². The van der Waals surface area contributed by atoms with E-state index in [1.165, 1.54) is 0 Å². The molecule has 2 fully saturated rings. The average molecular weight is 838 g/mol. The summed E-state index contributed by atoms with van der Waals surface area (Å²) in [6.07, 6.45) is 21.4. The van der Waals surface area contributed by atoms with E-state index < -0.39 is 86.8 Å². The standard InChI is InChI=1S/C45H75NO13/c1-3-5-7-9-11-12-13-14-15-16-17-18-19-20-21-22-23-25-27-29-37(50)46-33(34(49)28-26-24-10-8-6-4-2)32-56-44-42(55)40(53)43(36(31-48)58-44)59-45-41(54)39(52)38(51)35(30-47)57-45/h5,7,11-12,14-15,17-18,20-21,26,28,33-36,38-45,47-49,51-55H,3-4,6,8-10,13,16,19,22-25,27,29-32H2,1-2H3,(H,46,50)/b7-5-,12-11-,15-14-,18-17-,21-20-,28-26+. The van der Waals surface area contributed by atoms with Gasteiger partial charge in [-0.15, -0.1) is 0 Å². The summed E-state index contributed by atoms with van der Waals surface area (Å²) >= 11 is 0. The van der Waals surface area contributed by atoms with Crippen molar-refractivity contribution in [1.29, 1.82) is 0 Å². The topological polar surface area (TPSA) is 228 Å². The molecule has 0 aromatic carbocycles. The largest absolute Gasteiger partial charge is 0.394 e. The molecule has 9 N–H and O–H groups in total. The maximum Gasteiger partial charge on any atom is 0.220 e. The zero-order valence-corrected chi connectivity index (χ0v) is 35.2. The Labute approximate surface area is 351 Å². The van der Waals surface area contributed by atoms with Crippen LogP contribution in [0.1, 0.15) is 110 Å². The van der Waals surface area contributed by atoms with Crippen molar-refractivity contribution in [1.82, 2.24) is 5.32 Å². The quantitative estimate of drug-likeness (QED) is 0.0372. The lowest BCUT2D eigenvalue weighted by atomic mass is 9.97. The van der Waals surface area contributed by atoms with Gasteiger partial charge in [-0.25, -0.2) is 0 Å². The molecular weight excluding hydrogens is 762 g/mol. The molecule has 0 aromatic heterocycles. The molecular formula is C45H75NO13. The van der Waals surface area contributed by atoms with E-state index >= 15 is 0 Å². The number of carbonyl (C=O) groups excluding carboxylic acids is 1. The number of amides is 1. The number of aliphatic hydroxyl groups is 8. The third-order valence-corrected chi connectivity index (χ3v) is 10.1. The summed E-state index contributed by atoms with van der Waals surface area (Å²) in [4.78, 5) is 13.0. The zero-order chi connectivity index (χ0) is 43.3. The summed E-state index contributed by atoms with van der Waals surface area (Å²) in [7, 11) is 0. The summed E-state index contributed by atoms with van der Waals surface area (Å²) in [6.45, 7) is 2.51. The second kappa shape index (κ2) is 32.2. The molecule has 0 bridgehead atoms. The summed E-state index contributed by atoms with van der Waals surface area (Å²) in [6, 6.07) is -0.931. The van der Waals surface area contributed by atoms with E-state index in [-0.39, 0.29) is 18.9 Å². The molecule has 12 atom stereocenters. The van der Waals surface area contributed by atoms with Crippen molar-refractivity contribution in [3.05, 3.63) is 72.9 Å². The molecule has 0 spiro atoms. The minimum Gasteiger partial charge on any atom is -0.394 e. The van der Waals surface area contributed by atoms with Gasteiger partial charge in [-0.1, -0.05) is 112 Å². The molecule has 0 radical (unpaired) electrons. The van der Waals surface area contributed by atoms with E-state index in [1.807, 2.05) is 6.08 Å². The van der Waals surface area contributed by atoms with Gasteiger partial charge in [-0.2, -0.15) is 0 Å². The Morgan fingerprint density at radius 2 is 1.17 bits per heavy atom. The number of carbonyl (C=O) groups is 1. The maximum absolute atomic E-state index is 13.0. The Morgan fingerprint density at radius 3 is 1.76 bits per heavy atom. The van der Waals surface area contributed by atoms with Crippen LogP contribution in [0.4, 0.5) is 0 Å². The summed E-state index contributed by atoms with van der Waals surface area (Å²) in [5, 5.41) is 86.0. The monoisotopic (exact) mass is 838 g/mol. The van der Waals surface area contributed by atoms with E-state index in [4.69, 9.17) is 18.9 Å². The molecule has 14 nitrogen and oxygen atoms in total. The molecule has 2 rings (SSSR count). The molecule has 0 aromatic rings. The molecule has 59 heavy (non-hydrogen) atoms. The van der Waals surface area contributed by atoms with E-state index in [1.54, 1.807) is 6.08 Å². The lowest BCUT2D eigenvalue weighted by molar-refractivity contribution is -0.359. The van der Waals surface area contributed by atoms with E-state index in [2.05, 4.69) is 79.9 Å². The van der Waals surface area contributed by atoms with Crippen LogP contribution in [-0.2, 0) is 23.7 Å². The molecule has 2 aliphatic rings. The average Bonchev–Trinajstić information content (AvgIpc) is 3.23. The highest BCUT2D eigenvalue weighted by molar-refractivity contribution is 5.76. The highest BCUT2D eigenvalue weighted by Crippen LogP contribution is 2.29. The van der Waals surface area contributed by atoms with Gasteiger partial charge >= 0.3 is 0 Å². The van der Waals surface area contributed by atoms with Crippen LogP contribution in [0.25, 0.3) is 0 Å². The van der Waals surface area contributed by atoms with Crippen LogP contribution in [0.2, 0.25) is 0 Å². The normalized spacial score (nSPS) is 29.3. The van der Waals surface area contributed by atoms with Crippen molar-refractivity contribution < 1.29 is 64.6 Å². The first-order valence-electron chi connectivity index (χ1n) is 21.7. The third kappa shape index (κ3) is 20.7. The predicted octanol–water partition coefficient (Wildman–Crippen LogP) is 3.70. The second-order valence-corrected chi connectivity index (χ2v) is 15.1. The number of aliphatic hydroxyl groups excluding tert-OH is 8. The van der Waals surface area contributed by atoms with Gasteiger partial charge in [0.15, 0.2) is 12.6 Å². The lowest BCUT2D eigenvalue weighted by Gasteiger charge is -2.46. The number of ether oxygens (including phenoxy) is 4. The highest BCUT2D eigenvalue weighted by atomic mass is 16.7. The van der Waals surface area contributed by atoms with Crippen LogP contribution < -0.4 is 5.32 Å². The Hall–Kier alpha value is -2.57. The van der Waals surface area contributed by atoms with Crippen LogP contribution in [0.5, 0.6) is 0 Å². The van der Waals surface area contributed by atoms with E-state index in [9.17, 15) is 45.6 Å². The van der Waals surface area contributed by atoms with E-state index in [0.29, 0.717) is 6.42 Å². The maximum atomic E-state index is 13.0. The van der Waals surface area contributed by atoms with Crippen molar-refractivity contribution >= 4 is 5.91 Å². The number of nitrogens with one attached hydrogen (secondary N) is 1. The lowest BCUT2D eigenvalue weighted by Crippen LogP contribution is -2.65. The number of hydrogen-bond donors (Lipinski definition) is 9. The summed E-state index contributed by atoms with van der Waals surface area (Å²) in [5.41, 5.74) is 0. The SMILES string of the molecule is CC/C=C\C/C=C\C/C=C\C/C=C\C/C=C\CCCCCC(=O)NC(COC1OC(CO)C(OC2OC(CO)C(O)C(O)C2O)C(O)C1O)C(O)/C=C/CCCCCC. The van der Waals surface area contributed by atoms with Crippen molar-refractivity contribution in [2.45, 2.75) is 184 Å².